The molecule has 1 heteroatoms. The van der Waals surface area contributed by atoms with Crippen LogP contribution in [0.1, 0.15) is 75.5 Å². The summed E-state index contributed by atoms with van der Waals surface area (Å²) in [5.41, 5.74) is 2.47. The van der Waals surface area contributed by atoms with E-state index in [2.05, 4.69) is 31.2 Å². The Balaban J connectivity index is 1.79. The lowest BCUT2D eigenvalue weighted by Crippen LogP contribution is -2.08. The van der Waals surface area contributed by atoms with Gasteiger partial charge in [0.25, 0.3) is 0 Å². The quantitative estimate of drug-likeness (QED) is 0.760. The molecule has 1 aromatic carbocycles. The molecule has 0 radical (unpaired) electrons. The second-order valence-electron chi connectivity index (χ2n) is 6.09. The lowest BCUT2D eigenvalue weighted by Gasteiger charge is -2.22. The molecule has 1 unspecified atom stereocenters. The topological polar surface area (TPSA) is 20.2 Å². The first-order valence-electron chi connectivity index (χ1n) is 8.06. The fraction of sp³-hybridized carbons (Fsp3) is 0.667. The maximum absolute atomic E-state index is 10.3. The minimum absolute atomic E-state index is 0.266. The smallest absolute Gasteiger partial charge is 0.0790 e. The van der Waals surface area contributed by atoms with Crippen molar-refractivity contribution in [1.29, 1.82) is 0 Å². The summed E-state index contributed by atoms with van der Waals surface area (Å²) < 4.78 is 0. The van der Waals surface area contributed by atoms with E-state index in [9.17, 15) is 5.11 Å². The standard InChI is InChI=1S/C18H28O/c1-2-6-15-9-12-17(13-10-15)18(19)14-11-16-7-4-3-5-8-16/h9-10,12-13,16,18-19H,2-8,11,14H2,1H3. The predicted molar refractivity (Wildman–Crippen MR) is 81.2 cm³/mol. The third-order valence-electron chi connectivity index (χ3n) is 4.48. The first kappa shape index (κ1) is 14.6. The van der Waals surface area contributed by atoms with Crippen LogP contribution in [-0.2, 0) is 6.42 Å². The first-order valence-corrected chi connectivity index (χ1v) is 8.06. The van der Waals surface area contributed by atoms with Crippen LogP contribution in [0.5, 0.6) is 0 Å². The van der Waals surface area contributed by atoms with Crippen LogP contribution in [0.15, 0.2) is 24.3 Å². The zero-order valence-corrected chi connectivity index (χ0v) is 12.3. The van der Waals surface area contributed by atoms with E-state index in [0.29, 0.717) is 0 Å². The van der Waals surface area contributed by atoms with E-state index >= 15 is 0 Å². The zero-order chi connectivity index (χ0) is 13.5. The van der Waals surface area contributed by atoms with Crippen molar-refractivity contribution in [3.63, 3.8) is 0 Å². The van der Waals surface area contributed by atoms with E-state index in [0.717, 1.165) is 24.3 Å². The van der Waals surface area contributed by atoms with Gasteiger partial charge in [0.05, 0.1) is 6.10 Å². The van der Waals surface area contributed by atoms with Gasteiger partial charge in [0.15, 0.2) is 0 Å². The number of rotatable bonds is 6. The molecule has 1 saturated carbocycles. The molecule has 1 atom stereocenters. The summed E-state index contributed by atoms with van der Waals surface area (Å²) >= 11 is 0. The van der Waals surface area contributed by atoms with Gasteiger partial charge >= 0.3 is 0 Å². The molecule has 0 saturated heterocycles. The van der Waals surface area contributed by atoms with Crippen molar-refractivity contribution < 1.29 is 5.11 Å². The van der Waals surface area contributed by atoms with Crippen LogP contribution in [0.4, 0.5) is 0 Å². The van der Waals surface area contributed by atoms with Crippen molar-refractivity contribution in [2.75, 3.05) is 0 Å². The van der Waals surface area contributed by atoms with Gasteiger partial charge in [-0.1, -0.05) is 69.7 Å². The zero-order valence-electron chi connectivity index (χ0n) is 12.3. The molecule has 0 spiro atoms. The highest BCUT2D eigenvalue weighted by atomic mass is 16.3. The second-order valence-corrected chi connectivity index (χ2v) is 6.09. The number of hydrogen-bond donors (Lipinski definition) is 1. The summed E-state index contributed by atoms with van der Waals surface area (Å²) in [5.74, 6) is 0.864. The summed E-state index contributed by atoms with van der Waals surface area (Å²) in [6.45, 7) is 2.20. The second kappa shape index (κ2) is 7.69. The molecule has 0 aliphatic heterocycles. The Bertz CT molecular complexity index is 348. The number of aryl methyl sites for hydroxylation is 1. The Labute approximate surface area is 118 Å². The SMILES string of the molecule is CCCc1ccc(C(O)CCC2CCCCC2)cc1. The molecule has 0 bridgehead atoms. The normalized spacial score (nSPS) is 18.4. The largest absolute Gasteiger partial charge is 0.388 e. The number of hydrogen-bond acceptors (Lipinski definition) is 1. The molecule has 2 rings (SSSR count). The van der Waals surface area contributed by atoms with Crippen molar-refractivity contribution in [1.82, 2.24) is 0 Å². The molecule has 1 aromatic rings. The lowest BCUT2D eigenvalue weighted by molar-refractivity contribution is 0.151. The summed E-state index contributed by atoms with van der Waals surface area (Å²) in [6, 6.07) is 8.55. The molecule has 19 heavy (non-hydrogen) atoms. The van der Waals surface area contributed by atoms with Gasteiger partial charge in [-0.05, 0) is 36.3 Å². The van der Waals surface area contributed by atoms with Crippen molar-refractivity contribution >= 4 is 0 Å². The maximum atomic E-state index is 10.3. The van der Waals surface area contributed by atoms with Crippen LogP contribution >= 0.6 is 0 Å². The van der Waals surface area contributed by atoms with E-state index in [1.165, 1.54) is 50.5 Å². The Morgan fingerprint density at radius 3 is 2.42 bits per heavy atom. The molecule has 1 aliphatic rings. The van der Waals surface area contributed by atoms with Crippen LogP contribution in [0.25, 0.3) is 0 Å². The lowest BCUT2D eigenvalue weighted by atomic mass is 9.85. The highest BCUT2D eigenvalue weighted by Gasteiger charge is 2.15. The molecule has 106 valence electrons. The fourth-order valence-electron chi connectivity index (χ4n) is 3.23. The van der Waals surface area contributed by atoms with Crippen molar-refractivity contribution in [2.45, 2.75) is 70.8 Å². The maximum Gasteiger partial charge on any atom is 0.0790 e. The molecular weight excluding hydrogens is 232 g/mol. The number of benzene rings is 1. The Morgan fingerprint density at radius 2 is 1.79 bits per heavy atom. The monoisotopic (exact) mass is 260 g/mol. The van der Waals surface area contributed by atoms with Crippen molar-refractivity contribution in [3.05, 3.63) is 35.4 Å². The van der Waals surface area contributed by atoms with Crippen LogP contribution < -0.4 is 0 Å². The van der Waals surface area contributed by atoms with E-state index < -0.39 is 0 Å². The average Bonchev–Trinajstić information content (AvgIpc) is 2.47. The van der Waals surface area contributed by atoms with E-state index in [-0.39, 0.29) is 6.10 Å². The average molecular weight is 260 g/mol. The van der Waals surface area contributed by atoms with Gasteiger partial charge in [-0.15, -0.1) is 0 Å². The predicted octanol–water partition coefficient (Wildman–Crippen LogP) is 5.03. The van der Waals surface area contributed by atoms with E-state index in [1.807, 2.05) is 0 Å². The highest BCUT2D eigenvalue weighted by Crippen LogP contribution is 2.30. The van der Waals surface area contributed by atoms with Gasteiger partial charge in [-0.2, -0.15) is 0 Å². The van der Waals surface area contributed by atoms with Gasteiger partial charge in [0, 0.05) is 0 Å². The van der Waals surface area contributed by atoms with Crippen LogP contribution in [0.3, 0.4) is 0 Å². The van der Waals surface area contributed by atoms with Gasteiger partial charge in [0.2, 0.25) is 0 Å². The molecule has 1 aliphatic carbocycles. The summed E-state index contributed by atoms with van der Waals surface area (Å²) in [5, 5.41) is 10.3. The van der Waals surface area contributed by atoms with Crippen LogP contribution in [-0.4, -0.2) is 5.11 Å². The van der Waals surface area contributed by atoms with Crippen molar-refractivity contribution in [2.24, 2.45) is 5.92 Å². The van der Waals surface area contributed by atoms with Crippen molar-refractivity contribution in [3.8, 4) is 0 Å². The third kappa shape index (κ3) is 4.65. The van der Waals surface area contributed by atoms with Gasteiger partial charge < -0.3 is 5.11 Å². The molecule has 1 N–H and O–H groups in total. The number of aliphatic hydroxyl groups is 1. The molecule has 1 nitrogen and oxygen atoms in total. The van der Waals surface area contributed by atoms with Crippen LogP contribution in [0, 0.1) is 5.92 Å². The highest BCUT2D eigenvalue weighted by molar-refractivity contribution is 5.24. The molecule has 0 aromatic heterocycles. The first-order chi connectivity index (χ1) is 9.29. The molecule has 1 fully saturated rings. The Morgan fingerprint density at radius 1 is 1.11 bits per heavy atom. The summed E-state index contributed by atoms with van der Waals surface area (Å²) in [6.07, 6.45) is 11.1. The minimum Gasteiger partial charge on any atom is -0.388 e. The van der Waals surface area contributed by atoms with Gasteiger partial charge in [-0.25, -0.2) is 0 Å². The minimum atomic E-state index is -0.266. The third-order valence-corrected chi connectivity index (χ3v) is 4.48. The van der Waals surface area contributed by atoms with Gasteiger partial charge in [-0.3, -0.25) is 0 Å². The molecular formula is C18H28O. The summed E-state index contributed by atoms with van der Waals surface area (Å²) in [4.78, 5) is 0. The molecule has 0 heterocycles. The fourth-order valence-corrected chi connectivity index (χ4v) is 3.23. The molecule has 0 amide bonds. The van der Waals surface area contributed by atoms with Crippen LogP contribution in [0.2, 0.25) is 0 Å². The Kier molecular flexibility index (Phi) is 5.91. The van der Waals surface area contributed by atoms with Gasteiger partial charge in [0.1, 0.15) is 0 Å². The Hall–Kier alpha value is -0.820. The summed E-state index contributed by atoms with van der Waals surface area (Å²) in [7, 11) is 0. The number of aliphatic hydroxyl groups excluding tert-OH is 1. The van der Waals surface area contributed by atoms with E-state index in [4.69, 9.17) is 0 Å². The van der Waals surface area contributed by atoms with E-state index in [1.54, 1.807) is 0 Å².